The monoisotopic (exact) mass is 372 g/mol. The zero-order chi connectivity index (χ0) is 16.6. The highest BCUT2D eigenvalue weighted by molar-refractivity contribution is 6.68. The number of hydrogen-bond donors (Lipinski definition) is 0. The molecule has 0 spiro atoms. The summed E-state index contributed by atoms with van der Waals surface area (Å²) in [4.78, 5) is 11.3. The molecule has 0 saturated heterocycles. The molecule has 2 rings (SSSR count). The maximum Gasteiger partial charge on any atom is 0.388 e. The van der Waals surface area contributed by atoms with Crippen molar-refractivity contribution in [1.82, 2.24) is 9.78 Å². The van der Waals surface area contributed by atoms with Gasteiger partial charge in [-0.1, -0.05) is 23.2 Å². The number of rotatable bonds is 4. The number of aromatic nitrogens is 2. The summed E-state index contributed by atoms with van der Waals surface area (Å²) in [5.74, 6) is -1.92. The van der Waals surface area contributed by atoms with Crippen LogP contribution in [-0.4, -0.2) is 21.6 Å². The van der Waals surface area contributed by atoms with E-state index in [2.05, 4.69) is 9.84 Å². The Bertz CT molecular complexity index is 750. The van der Waals surface area contributed by atoms with E-state index in [-0.39, 0.29) is 26.9 Å². The van der Waals surface area contributed by atoms with Crippen molar-refractivity contribution in [3.63, 3.8) is 0 Å². The van der Waals surface area contributed by atoms with Crippen molar-refractivity contribution in [2.24, 2.45) is 7.05 Å². The van der Waals surface area contributed by atoms with Gasteiger partial charge in [-0.2, -0.15) is 18.3 Å². The number of benzene rings is 1. The smallest absolute Gasteiger partial charge is 0.388 e. The first-order valence-corrected chi connectivity index (χ1v) is 6.72. The normalized spacial score (nSPS) is 11.1. The van der Waals surface area contributed by atoms with Crippen LogP contribution in [0.2, 0.25) is 10.0 Å². The molecule has 0 aliphatic rings. The van der Waals surface area contributed by atoms with Crippen LogP contribution < -0.4 is 4.74 Å². The minimum absolute atomic E-state index is 0.0332. The van der Waals surface area contributed by atoms with Crippen molar-refractivity contribution < 1.29 is 22.7 Å². The van der Waals surface area contributed by atoms with Crippen LogP contribution in [0.3, 0.4) is 0 Å². The molecule has 0 bridgehead atoms. The Balaban J connectivity index is 2.62. The number of ether oxygens (including phenoxy) is 1. The predicted octanol–water partition coefficient (Wildman–Crippen LogP) is 4.51. The minimum Gasteiger partial charge on any atom is -0.414 e. The fourth-order valence-corrected chi connectivity index (χ4v) is 2.51. The molecule has 10 heteroatoms. The highest BCUT2D eigenvalue weighted by Gasteiger charge is 2.24. The lowest BCUT2D eigenvalue weighted by molar-refractivity contribution is -0.0576. The SMILES string of the molecule is Cn1nc(-c2cc(C(=O)Cl)c(Cl)cc2Cl)c(F)c1OC(F)F. The van der Waals surface area contributed by atoms with Gasteiger partial charge in [-0.15, -0.1) is 0 Å². The number of aryl methyl sites for hydroxylation is 1. The summed E-state index contributed by atoms with van der Waals surface area (Å²) in [5.41, 5.74) is -0.532. The minimum atomic E-state index is -3.22. The summed E-state index contributed by atoms with van der Waals surface area (Å²) in [5, 5.41) is 2.77. The molecule has 0 aliphatic heterocycles. The van der Waals surface area contributed by atoms with Crippen molar-refractivity contribution in [2.45, 2.75) is 6.61 Å². The van der Waals surface area contributed by atoms with Crippen molar-refractivity contribution in [3.05, 3.63) is 33.6 Å². The van der Waals surface area contributed by atoms with Crippen LogP contribution in [0.5, 0.6) is 5.88 Å². The van der Waals surface area contributed by atoms with Crippen LogP contribution in [0.1, 0.15) is 10.4 Å². The average Bonchev–Trinajstić information content (AvgIpc) is 2.66. The van der Waals surface area contributed by atoms with Gasteiger partial charge in [0.1, 0.15) is 5.69 Å². The topological polar surface area (TPSA) is 44.1 Å². The first kappa shape index (κ1) is 16.9. The van der Waals surface area contributed by atoms with E-state index in [1.54, 1.807) is 0 Å². The van der Waals surface area contributed by atoms with Gasteiger partial charge in [0.05, 0.1) is 15.6 Å². The quantitative estimate of drug-likeness (QED) is 0.741. The molecule has 0 saturated carbocycles. The maximum absolute atomic E-state index is 14.2. The Kier molecular flexibility index (Phi) is 4.89. The molecule has 22 heavy (non-hydrogen) atoms. The van der Waals surface area contributed by atoms with Crippen LogP contribution in [-0.2, 0) is 7.05 Å². The number of nitrogens with zero attached hydrogens (tertiary/aromatic N) is 2. The van der Waals surface area contributed by atoms with Crippen LogP contribution in [0.15, 0.2) is 12.1 Å². The lowest BCUT2D eigenvalue weighted by atomic mass is 10.1. The van der Waals surface area contributed by atoms with Crippen molar-refractivity contribution in [1.29, 1.82) is 0 Å². The second-order valence-corrected chi connectivity index (χ2v) is 5.21. The lowest BCUT2D eigenvalue weighted by Gasteiger charge is -2.05. The molecule has 1 aromatic heterocycles. The van der Waals surface area contributed by atoms with E-state index in [0.717, 1.165) is 10.7 Å². The van der Waals surface area contributed by atoms with Crippen LogP contribution >= 0.6 is 34.8 Å². The molecule has 0 radical (unpaired) electrons. The summed E-state index contributed by atoms with van der Waals surface area (Å²) in [6.45, 7) is -3.22. The fourth-order valence-electron chi connectivity index (χ4n) is 1.75. The Morgan fingerprint density at radius 3 is 2.50 bits per heavy atom. The van der Waals surface area contributed by atoms with Gasteiger partial charge in [0, 0.05) is 12.6 Å². The van der Waals surface area contributed by atoms with E-state index in [1.165, 1.54) is 13.1 Å². The molecule has 0 fully saturated rings. The Hall–Kier alpha value is -1.44. The predicted molar refractivity (Wildman–Crippen MR) is 75.4 cm³/mol. The number of halogens is 6. The molecule has 1 heterocycles. The lowest BCUT2D eigenvalue weighted by Crippen LogP contribution is -2.07. The molecular weight excluding hydrogens is 367 g/mol. The molecule has 0 unspecified atom stereocenters. The van der Waals surface area contributed by atoms with Gasteiger partial charge in [-0.3, -0.25) is 4.79 Å². The van der Waals surface area contributed by atoms with Gasteiger partial charge in [0.15, 0.2) is 0 Å². The number of carbonyl (C=O) groups is 1. The van der Waals surface area contributed by atoms with Crippen molar-refractivity contribution in [2.75, 3.05) is 0 Å². The highest BCUT2D eigenvalue weighted by Crippen LogP contribution is 2.36. The van der Waals surface area contributed by atoms with E-state index in [1.807, 2.05) is 0 Å². The van der Waals surface area contributed by atoms with Crippen molar-refractivity contribution >= 4 is 40.0 Å². The van der Waals surface area contributed by atoms with E-state index in [9.17, 15) is 18.0 Å². The largest absolute Gasteiger partial charge is 0.414 e. The zero-order valence-corrected chi connectivity index (χ0v) is 13.0. The molecular formula is C12H6Cl3F3N2O2. The molecule has 4 nitrogen and oxygen atoms in total. The molecule has 0 N–H and O–H groups in total. The maximum atomic E-state index is 14.2. The molecule has 1 aromatic carbocycles. The Morgan fingerprint density at radius 2 is 1.95 bits per heavy atom. The van der Waals surface area contributed by atoms with E-state index >= 15 is 0 Å². The third-order valence-corrected chi connectivity index (χ3v) is 3.49. The molecule has 0 amide bonds. The average molecular weight is 374 g/mol. The number of hydrogen-bond acceptors (Lipinski definition) is 3. The fraction of sp³-hybridized carbons (Fsp3) is 0.167. The molecule has 0 atom stereocenters. The van der Waals surface area contributed by atoms with Crippen LogP contribution in [0, 0.1) is 5.82 Å². The standard InChI is InChI=1S/C12H6Cl3F3N2O2/c1-20-11(22-12(17)18)8(16)9(19-20)4-2-5(10(15)21)7(14)3-6(4)13/h2-3,12H,1H3. The highest BCUT2D eigenvalue weighted by atomic mass is 35.5. The number of alkyl halides is 2. The Morgan fingerprint density at radius 1 is 1.32 bits per heavy atom. The summed E-state index contributed by atoms with van der Waals surface area (Å²) < 4.78 is 43.5. The summed E-state index contributed by atoms with van der Waals surface area (Å²) in [7, 11) is 1.21. The third kappa shape index (κ3) is 3.16. The summed E-state index contributed by atoms with van der Waals surface area (Å²) >= 11 is 17.1. The van der Waals surface area contributed by atoms with Crippen LogP contribution in [0.4, 0.5) is 13.2 Å². The molecule has 0 aliphatic carbocycles. The van der Waals surface area contributed by atoms with Gasteiger partial charge in [0.2, 0.25) is 5.82 Å². The zero-order valence-electron chi connectivity index (χ0n) is 10.7. The van der Waals surface area contributed by atoms with E-state index in [4.69, 9.17) is 34.8 Å². The van der Waals surface area contributed by atoms with Crippen molar-refractivity contribution in [3.8, 4) is 17.1 Å². The van der Waals surface area contributed by atoms with Gasteiger partial charge in [-0.05, 0) is 23.7 Å². The second-order valence-electron chi connectivity index (χ2n) is 4.06. The van der Waals surface area contributed by atoms with Crippen LogP contribution in [0.25, 0.3) is 11.3 Å². The van der Waals surface area contributed by atoms with Gasteiger partial charge < -0.3 is 4.74 Å². The number of carbonyl (C=O) groups excluding carboxylic acids is 1. The van der Waals surface area contributed by atoms with E-state index in [0.29, 0.717) is 0 Å². The first-order valence-electron chi connectivity index (χ1n) is 5.59. The van der Waals surface area contributed by atoms with Gasteiger partial charge in [0.25, 0.3) is 11.1 Å². The van der Waals surface area contributed by atoms with Gasteiger partial charge >= 0.3 is 6.61 Å². The molecule has 2 aromatic rings. The van der Waals surface area contributed by atoms with Gasteiger partial charge in [-0.25, -0.2) is 4.68 Å². The molecule has 118 valence electrons. The Labute approximate surface area is 137 Å². The summed E-state index contributed by atoms with van der Waals surface area (Å²) in [6, 6.07) is 2.30. The first-order chi connectivity index (χ1) is 10.2. The third-order valence-electron chi connectivity index (χ3n) is 2.66. The van der Waals surface area contributed by atoms with E-state index < -0.39 is 23.6 Å². The second kappa shape index (κ2) is 6.36. The summed E-state index contributed by atoms with van der Waals surface area (Å²) in [6.07, 6.45) is 0.